The second kappa shape index (κ2) is 6.52. The van der Waals surface area contributed by atoms with E-state index in [1.54, 1.807) is 6.26 Å². The first-order chi connectivity index (χ1) is 6.86. The van der Waals surface area contributed by atoms with Crippen LogP contribution in [-0.4, -0.2) is 6.04 Å². The molecule has 0 saturated carbocycles. The Hall–Kier alpha value is -0.920. The molecular formula is C12H20NO. The van der Waals surface area contributed by atoms with Crippen LogP contribution in [0.2, 0.25) is 0 Å². The van der Waals surface area contributed by atoms with Crippen molar-refractivity contribution in [3.05, 3.63) is 24.3 Å². The summed E-state index contributed by atoms with van der Waals surface area (Å²) in [7, 11) is 0. The van der Waals surface area contributed by atoms with E-state index in [1.165, 1.54) is 25.7 Å². The number of allylic oxidation sites excluding steroid dienone is 1. The van der Waals surface area contributed by atoms with Crippen LogP contribution in [0.4, 0.5) is 0 Å². The molecule has 0 spiro atoms. The lowest BCUT2D eigenvalue weighted by Crippen LogP contribution is -2.28. The second-order valence-corrected chi connectivity index (χ2v) is 3.69. The fourth-order valence-electron chi connectivity index (χ4n) is 1.68. The van der Waals surface area contributed by atoms with Crippen molar-refractivity contribution in [2.45, 2.75) is 52.0 Å². The van der Waals surface area contributed by atoms with Crippen LogP contribution >= 0.6 is 0 Å². The van der Waals surface area contributed by atoms with Crippen molar-refractivity contribution in [1.82, 2.24) is 5.32 Å². The third-order valence-corrected chi connectivity index (χ3v) is 2.32. The van der Waals surface area contributed by atoms with Crippen molar-refractivity contribution in [1.29, 1.82) is 0 Å². The van der Waals surface area contributed by atoms with Crippen molar-refractivity contribution >= 4 is 0 Å². The first-order valence-electron chi connectivity index (χ1n) is 5.55. The predicted octanol–water partition coefficient (Wildman–Crippen LogP) is 3.12. The van der Waals surface area contributed by atoms with Crippen molar-refractivity contribution in [3.8, 4) is 0 Å². The van der Waals surface area contributed by atoms with Crippen molar-refractivity contribution < 1.29 is 4.74 Å². The Morgan fingerprint density at radius 3 is 2.64 bits per heavy atom. The Balaban J connectivity index is 2.33. The summed E-state index contributed by atoms with van der Waals surface area (Å²) in [6, 6.07) is 0.586. The zero-order valence-electron chi connectivity index (χ0n) is 9.18. The zero-order chi connectivity index (χ0) is 10.2. The largest absolute Gasteiger partial charge is 0.459 e. The van der Waals surface area contributed by atoms with Crippen LogP contribution in [0.1, 0.15) is 46.0 Å². The van der Waals surface area contributed by atoms with E-state index in [4.69, 9.17) is 4.74 Å². The number of rotatable bonds is 6. The molecule has 2 heteroatoms. The van der Waals surface area contributed by atoms with Gasteiger partial charge in [0.05, 0.1) is 12.0 Å². The summed E-state index contributed by atoms with van der Waals surface area (Å²) in [4.78, 5) is 0. The fraction of sp³-hybridized carbons (Fsp3) is 0.667. The standard InChI is InChI=1S/C12H20NO/c1-3-6-11(7-4-2)13-12-8-5-9-14-10-12/h5,9,11,13H,3-4,6-8H2,1-2H3. The van der Waals surface area contributed by atoms with Gasteiger partial charge < -0.3 is 10.1 Å². The summed E-state index contributed by atoms with van der Waals surface area (Å²) in [6.45, 7) is 4.44. The number of nitrogens with one attached hydrogen (secondary N) is 1. The molecule has 79 valence electrons. The predicted molar refractivity (Wildman–Crippen MR) is 58.3 cm³/mol. The second-order valence-electron chi connectivity index (χ2n) is 3.69. The van der Waals surface area contributed by atoms with E-state index in [-0.39, 0.29) is 0 Å². The molecule has 0 atom stereocenters. The Labute approximate surface area is 87.0 Å². The Kier molecular flexibility index (Phi) is 5.20. The van der Waals surface area contributed by atoms with E-state index in [0.29, 0.717) is 6.04 Å². The zero-order valence-corrected chi connectivity index (χ0v) is 9.18. The fourth-order valence-corrected chi connectivity index (χ4v) is 1.68. The van der Waals surface area contributed by atoms with E-state index in [2.05, 4.69) is 25.4 Å². The highest BCUT2D eigenvalue weighted by molar-refractivity contribution is 5.03. The summed E-state index contributed by atoms with van der Waals surface area (Å²) in [5.41, 5.74) is 1.08. The van der Waals surface area contributed by atoms with Gasteiger partial charge in [-0.1, -0.05) is 26.7 Å². The van der Waals surface area contributed by atoms with E-state index < -0.39 is 0 Å². The van der Waals surface area contributed by atoms with Crippen LogP contribution in [0, 0.1) is 6.26 Å². The number of hydrogen-bond donors (Lipinski definition) is 1. The molecule has 2 nitrogen and oxygen atoms in total. The third kappa shape index (κ3) is 3.86. The smallest absolute Gasteiger partial charge is 0.189 e. The van der Waals surface area contributed by atoms with E-state index in [0.717, 1.165) is 12.1 Å². The van der Waals surface area contributed by atoms with E-state index in [9.17, 15) is 0 Å². The molecule has 14 heavy (non-hydrogen) atoms. The normalized spacial score (nSPS) is 15.2. The monoisotopic (exact) mass is 194 g/mol. The lowest BCUT2D eigenvalue weighted by molar-refractivity contribution is 0.346. The van der Waals surface area contributed by atoms with Crippen LogP contribution in [0.25, 0.3) is 0 Å². The SMILES string of the molecule is CCCC(CCC)NC1=[C]OC=CC1. The summed E-state index contributed by atoms with van der Waals surface area (Å²) in [5.74, 6) is 0. The highest BCUT2D eigenvalue weighted by atomic mass is 16.5. The first-order valence-corrected chi connectivity index (χ1v) is 5.55. The quantitative estimate of drug-likeness (QED) is 0.701. The molecule has 0 aromatic carbocycles. The summed E-state index contributed by atoms with van der Waals surface area (Å²) < 4.78 is 5.01. The van der Waals surface area contributed by atoms with Crippen LogP contribution < -0.4 is 5.32 Å². The summed E-state index contributed by atoms with van der Waals surface area (Å²) in [5, 5.41) is 3.49. The van der Waals surface area contributed by atoms with Gasteiger partial charge in [-0.2, -0.15) is 0 Å². The maximum absolute atomic E-state index is 5.01. The van der Waals surface area contributed by atoms with Crippen molar-refractivity contribution in [3.63, 3.8) is 0 Å². The topological polar surface area (TPSA) is 21.3 Å². The average Bonchev–Trinajstić information content (AvgIpc) is 2.20. The highest BCUT2D eigenvalue weighted by Gasteiger charge is 2.09. The molecule has 1 heterocycles. The molecule has 1 radical (unpaired) electrons. The highest BCUT2D eigenvalue weighted by Crippen LogP contribution is 2.11. The van der Waals surface area contributed by atoms with Crippen LogP contribution in [-0.2, 0) is 4.74 Å². The molecule has 1 N–H and O–H groups in total. The molecule has 1 aliphatic rings. The maximum atomic E-state index is 5.01. The minimum absolute atomic E-state index is 0.586. The van der Waals surface area contributed by atoms with Gasteiger partial charge in [-0.3, -0.25) is 0 Å². The van der Waals surface area contributed by atoms with Gasteiger partial charge >= 0.3 is 0 Å². The third-order valence-electron chi connectivity index (χ3n) is 2.32. The van der Waals surface area contributed by atoms with Gasteiger partial charge in [0, 0.05) is 12.5 Å². The molecule has 0 aliphatic carbocycles. The summed E-state index contributed by atoms with van der Waals surface area (Å²) >= 11 is 0. The Morgan fingerprint density at radius 2 is 2.14 bits per heavy atom. The minimum Gasteiger partial charge on any atom is -0.459 e. The molecule has 0 bridgehead atoms. The molecule has 0 saturated heterocycles. The lowest BCUT2D eigenvalue weighted by Gasteiger charge is -2.20. The molecule has 1 aliphatic heterocycles. The molecule has 0 unspecified atom stereocenters. The number of hydrogen-bond acceptors (Lipinski definition) is 2. The van der Waals surface area contributed by atoms with Gasteiger partial charge in [0.1, 0.15) is 0 Å². The van der Waals surface area contributed by atoms with Gasteiger partial charge in [-0.15, -0.1) is 0 Å². The maximum Gasteiger partial charge on any atom is 0.189 e. The minimum atomic E-state index is 0.586. The number of ether oxygens (including phenoxy) is 1. The van der Waals surface area contributed by atoms with Gasteiger partial charge in [0.25, 0.3) is 0 Å². The summed E-state index contributed by atoms with van der Waals surface area (Å²) in [6.07, 6.45) is 12.4. The Morgan fingerprint density at radius 1 is 1.43 bits per heavy atom. The van der Waals surface area contributed by atoms with E-state index in [1.807, 2.05) is 6.08 Å². The first kappa shape index (κ1) is 11.2. The Bertz CT molecular complexity index is 202. The molecule has 0 aromatic rings. The van der Waals surface area contributed by atoms with Gasteiger partial charge in [0.15, 0.2) is 6.26 Å². The van der Waals surface area contributed by atoms with Crippen LogP contribution in [0.3, 0.4) is 0 Å². The molecule has 0 fully saturated rings. The van der Waals surface area contributed by atoms with Crippen LogP contribution in [0.15, 0.2) is 18.0 Å². The van der Waals surface area contributed by atoms with Gasteiger partial charge in [-0.25, -0.2) is 0 Å². The molecular weight excluding hydrogens is 174 g/mol. The molecule has 0 amide bonds. The van der Waals surface area contributed by atoms with Crippen molar-refractivity contribution in [2.24, 2.45) is 0 Å². The van der Waals surface area contributed by atoms with E-state index >= 15 is 0 Å². The van der Waals surface area contributed by atoms with Crippen LogP contribution in [0.5, 0.6) is 0 Å². The lowest BCUT2D eigenvalue weighted by atomic mass is 10.1. The average molecular weight is 194 g/mol. The molecule has 0 aromatic heterocycles. The van der Waals surface area contributed by atoms with Gasteiger partial charge in [0.2, 0.25) is 0 Å². The van der Waals surface area contributed by atoms with Crippen molar-refractivity contribution in [2.75, 3.05) is 0 Å². The van der Waals surface area contributed by atoms with Gasteiger partial charge in [-0.05, 0) is 18.9 Å². The molecule has 1 rings (SSSR count).